The number of aromatic nitrogens is 1. The lowest BCUT2D eigenvalue weighted by Crippen LogP contribution is -2.29. The summed E-state index contributed by atoms with van der Waals surface area (Å²) >= 11 is 0. The third-order valence-electron chi connectivity index (χ3n) is 3.61. The van der Waals surface area contributed by atoms with Gasteiger partial charge in [0.15, 0.2) is 0 Å². The zero-order chi connectivity index (χ0) is 13.6. The Labute approximate surface area is 119 Å². The van der Waals surface area contributed by atoms with Gasteiger partial charge >= 0.3 is 0 Å². The van der Waals surface area contributed by atoms with Gasteiger partial charge in [0.2, 0.25) is 0 Å². The molecule has 0 saturated carbocycles. The lowest BCUT2D eigenvalue weighted by Gasteiger charge is -2.23. The Morgan fingerprint density at radius 2 is 2.20 bits per heavy atom. The van der Waals surface area contributed by atoms with Crippen LogP contribution >= 0.6 is 0 Å². The summed E-state index contributed by atoms with van der Waals surface area (Å²) in [4.78, 5) is 6.81. The summed E-state index contributed by atoms with van der Waals surface area (Å²) in [5, 5.41) is 0. The van der Waals surface area contributed by atoms with E-state index in [2.05, 4.69) is 16.0 Å². The molecule has 4 heteroatoms. The lowest BCUT2D eigenvalue weighted by molar-refractivity contribution is 0.156. The van der Waals surface area contributed by atoms with Crippen LogP contribution in [0.15, 0.2) is 47.2 Å². The molecule has 106 valence electrons. The van der Waals surface area contributed by atoms with E-state index in [9.17, 15) is 0 Å². The average Bonchev–Trinajstić information content (AvgIpc) is 3.13. The second-order valence-electron chi connectivity index (χ2n) is 5.30. The van der Waals surface area contributed by atoms with Gasteiger partial charge < -0.3 is 9.15 Å². The Morgan fingerprint density at radius 1 is 1.20 bits per heavy atom. The fraction of sp³-hybridized carbons (Fsp3) is 0.438. The third kappa shape index (κ3) is 3.68. The predicted molar refractivity (Wildman–Crippen MR) is 76.0 cm³/mol. The molecule has 2 aromatic rings. The van der Waals surface area contributed by atoms with Crippen molar-refractivity contribution in [3.63, 3.8) is 0 Å². The number of ether oxygens (including phenoxy) is 1. The molecule has 1 saturated heterocycles. The molecule has 1 fully saturated rings. The topological polar surface area (TPSA) is 38.5 Å². The van der Waals surface area contributed by atoms with E-state index in [1.165, 1.54) is 0 Å². The molecule has 0 aromatic carbocycles. The second-order valence-corrected chi connectivity index (χ2v) is 5.30. The molecule has 1 atom stereocenters. The van der Waals surface area contributed by atoms with Crippen LogP contribution in [-0.4, -0.2) is 29.6 Å². The Balaban J connectivity index is 1.65. The minimum atomic E-state index is 0.619. The molecule has 0 radical (unpaired) electrons. The monoisotopic (exact) mass is 272 g/mol. The molecule has 1 aliphatic rings. The number of nitrogens with zero attached hydrogens (tertiary/aromatic N) is 2. The summed E-state index contributed by atoms with van der Waals surface area (Å²) in [6, 6.07) is 10.0. The van der Waals surface area contributed by atoms with Crippen molar-refractivity contribution in [2.24, 2.45) is 5.92 Å². The van der Waals surface area contributed by atoms with Gasteiger partial charge in [0.05, 0.1) is 25.1 Å². The highest BCUT2D eigenvalue weighted by Gasteiger charge is 2.20. The summed E-state index contributed by atoms with van der Waals surface area (Å²) in [7, 11) is 0. The smallest absolute Gasteiger partial charge is 0.117 e. The third-order valence-corrected chi connectivity index (χ3v) is 3.61. The molecule has 0 aliphatic carbocycles. The van der Waals surface area contributed by atoms with Crippen molar-refractivity contribution >= 4 is 0 Å². The van der Waals surface area contributed by atoms with E-state index < -0.39 is 0 Å². The maximum atomic E-state index is 5.48. The van der Waals surface area contributed by atoms with Gasteiger partial charge in [0, 0.05) is 25.9 Å². The molecular weight excluding hydrogens is 252 g/mol. The molecule has 0 spiro atoms. The van der Waals surface area contributed by atoms with Gasteiger partial charge in [-0.25, -0.2) is 0 Å². The highest BCUT2D eigenvalue weighted by atomic mass is 16.5. The lowest BCUT2D eigenvalue weighted by atomic mass is 10.1. The molecule has 20 heavy (non-hydrogen) atoms. The second kappa shape index (κ2) is 6.68. The molecule has 0 unspecified atom stereocenters. The van der Waals surface area contributed by atoms with Gasteiger partial charge in [-0.15, -0.1) is 0 Å². The van der Waals surface area contributed by atoms with Crippen LogP contribution in [0.5, 0.6) is 0 Å². The first kappa shape index (κ1) is 13.3. The van der Waals surface area contributed by atoms with Gasteiger partial charge in [0.1, 0.15) is 5.76 Å². The molecule has 0 amide bonds. The summed E-state index contributed by atoms with van der Waals surface area (Å²) < 4.78 is 11.0. The van der Waals surface area contributed by atoms with Gasteiger partial charge in [-0.2, -0.15) is 0 Å². The van der Waals surface area contributed by atoms with Gasteiger partial charge in [-0.1, -0.05) is 6.07 Å². The average molecular weight is 272 g/mol. The standard InChI is InChI=1S/C16H20N2O2/c1-2-7-17-15(4-1)11-18(10-14-6-9-19-13-14)12-16-5-3-8-20-16/h1-5,7-8,14H,6,9-13H2/t14-/m0/s1. The fourth-order valence-electron chi connectivity index (χ4n) is 2.62. The molecule has 0 bridgehead atoms. The maximum Gasteiger partial charge on any atom is 0.117 e. The zero-order valence-corrected chi connectivity index (χ0v) is 11.6. The Morgan fingerprint density at radius 3 is 2.90 bits per heavy atom. The first-order valence-corrected chi connectivity index (χ1v) is 7.12. The fourth-order valence-corrected chi connectivity index (χ4v) is 2.62. The van der Waals surface area contributed by atoms with Crippen LogP contribution in [0.25, 0.3) is 0 Å². The van der Waals surface area contributed by atoms with Crippen LogP contribution in [0, 0.1) is 5.92 Å². The van der Waals surface area contributed by atoms with Crippen molar-refractivity contribution in [2.45, 2.75) is 19.5 Å². The molecule has 2 aromatic heterocycles. The minimum absolute atomic E-state index is 0.619. The Hall–Kier alpha value is -1.65. The summed E-state index contributed by atoms with van der Waals surface area (Å²) in [6.45, 7) is 4.45. The van der Waals surface area contributed by atoms with Crippen molar-refractivity contribution < 1.29 is 9.15 Å². The number of hydrogen-bond donors (Lipinski definition) is 0. The van der Waals surface area contributed by atoms with Crippen molar-refractivity contribution in [2.75, 3.05) is 19.8 Å². The molecule has 1 aliphatic heterocycles. The number of pyridine rings is 1. The zero-order valence-electron chi connectivity index (χ0n) is 11.6. The van der Waals surface area contributed by atoms with E-state index in [1.54, 1.807) is 6.26 Å². The van der Waals surface area contributed by atoms with E-state index in [1.807, 2.05) is 30.5 Å². The maximum absolute atomic E-state index is 5.48. The number of furan rings is 1. The Kier molecular flexibility index (Phi) is 4.46. The van der Waals surface area contributed by atoms with Crippen molar-refractivity contribution in [1.82, 2.24) is 9.88 Å². The summed E-state index contributed by atoms with van der Waals surface area (Å²) in [5.41, 5.74) is 1.10. The molecular formula is C16H20N2O2. The van der Waals surface area contributed by atoms with Crippen LogP contribution in [0.1, 0.15) is 17.9 Å². The quantitative estimate of drug-likeness (QED) is 0.810. The van der Waals surface area contributed by atoms with Crippen LogP contribution in [-0.2, 0) is 17.8 Å². The van der Waals surface area contributed by atoms with E-state index in [0.717, 1.165) is 50.7 Å². The molecule has 0 N–H and O–H groups in total. The van der Waals surface area contributed by atoms with Gasteiger partial charge in [-0.05, 0) is 36.6 Å². The Bertz CT molecular complexity index is 492. The van der Waals surface area contributed by atoms with Crippen LogP contribution < -0.4 is 0 Å². The highest BCUT2D eigenvalue weighted by Crippen LogP contribution is 2.17. The summed E-state index contributed by atoms with van der Waals surface area (Å²) in [6.07, 6.45) is 4.73. The number of rotatable bonds is 6. The van der Waals surface area contributed by atoms with Crippen molar-refractivity contribution in [3.05, 3.63) is 54.2 Å². The first-order chi connectivity index (χ1) is 9.90. The largest absolute Gasteiger partial charge is 0.468 e. The van der Waals surface area contributed by atoms with Crippen molar-refractivity contribution in [1.29, 1.82) is 0 Å². The van der Waals surface area contributed by atoms with Crippen LogP contribution in [0.3, 0.4) is 0 Å². The minimum Gasteiger partial charge on any atom is -0.468 e. The van der Waals surface area contributed by atoms with E-state index in [0.29, 0.717) is 5.92 Å². The SMILES string of the molecule is c1ccc(CN(Cc2ccco2)C[C@@H]2CCOC2)nc1. The molecule has 4 nitrogen and oxygen atoms in total. The predicted octanol–water partition coefficient (Wildman–Crippen LogP) is 2.71. The van der Waals surface area contributed by atoms with Gasteiger partial charge in [-0.3, -0.25) is 9.88 Å². The normalized spacial score (nSPS) is 18.8. The van der Waals surface area contributed by atoms with Gasteiger partial charge in [0.25, 0.3) is 0 Å². The highest BCUT2D eigenvalue weighted by molar-refractivity contribution is 5.04. The molecule has 3 rings (SSSR count). The van der Waals surface area contributed by atoms with E-state index >= 15 is 0 Å². The summed E-state index contributed by atoms with van der Waals surface area (Å²) in [5.74, 6) is 1.62. The van der Waals surface area contributed by atoms with E-state index in [-0.39, 0.29) is 0 Å². The van der Waals surface area contributed by atoms with Crippen molar-refractivity contribution in [3.8, 4) is 0 Å². The first-order valence-electron chi connectivity index (χ1n) is 7.12. The van der Waals surface area contributed by atoms with Crippen LogP contribution in [0.2, 0.25) is 0 Å². The van der Waals surface area contributed by atoms with Crippen LogP contribution in [0.4, 0.5) is 0 Å². The van der Waals surface area contributed by atoms with E-state index in [4.69, 9.17) is 9.15 Å². The molecule has 3 heterocycles. The number of hydrogen-bond acceptors (Lipinski definition) is 4.